The molecule has 3 aromatic rings. The third kappa shape index (κ3) is 2.84. The van der Waals surface area contributed by atoms with Crippen molar-refractivity contribution in [2.45, 2.75) is 6.54 Å². The van der Waals surface area contributed by atoms with Crippen molar-refractivity contribution in [1.29, 1.82) is 0 Å². The molecule has 2 heterocycles. The minimum Gasteiger partial charge on any atom is -0.481 e. The summed E-state index contributed by atoms with van der Waals surface area (Å²) in [6.07, 6.45) is 3.25. The second-order valence-electron chi connectivity index (χ2n) is 4.56. The molecule has 6 heteroatoms. The van der Waals surface area contributed by atoms with Crippen LogP contribution in [0.15, 0.2) is 42.9 Å². The summed E-state index contributed by atoms with van der Waals surface area (Å²) in [5.74, 6) is 1.34. The second kappa shape index (κ2) is 5.62. The number of nitrogen functional groups attached to an aromatic ring is 1. The lowest BCUT2D eigenvalue weighted by Gasteiger charge is -2.09. The Kier molecular flexibility index (Phi) is 3.51. The van der Waals surface area contributed by atoms with E-state index in [4.69, 9.17) is 10.5 Å². The zero-order valence-electron chi connectivity index (χ0n) is 11.6. The molecule has 3 N–H and O–H groups in total. The van der Waals surface area contributed by atoms with E-state index in [1.54, 1.807) is 13.3 Å². The first kappa shape index (κ1) is 13.1. The number of nitrogens with zero attached hydrogens (tertiary/aromatic N) is 3. The molecule has 0 radical (unpaired) electrons. The number of anilines is 2. The molecule has 0 saturated carbocycles. The number of benzene rings is 1. The van der Waals surface area contributed by atoms with Gasteiger partial charge >= 0.3 is 0 Å². The van der Waals surface area contributed by atoms with Crippen LogP contribution in [0.5, 0.6) is 5.88 Å². The first-order chi connectivity index (χ1) is 10.3. The summed E-state index contributed by atoms with van der Waals surface area (Å²) in [4.78, 5) is 12.6. The van der Waals surface area contributed by atoms with Crippen molar-refractivity contribution in [2.75, 3.05) is 18.2 Å². The summed E-state index contributed by atoms with van der Waals surface area (Å²) in [7, 11) is 1.60. The van der Waals surface area contributed by atoms with Gasteiger partial charge in [0.1, 0.15) is 12.1 Å². The zero-order chi connectivity index (χ0) is 14.7. The van der Waals surface area contributed by atoms with Gasteiger partial charge in [0.2, 0.25) is 5.88 Å². The number of methoxy groups -OCH3 is 1. The lowest BCUT2D eigenvalue weighted by atomic mass is 10.2. The Morgan fingerprint density at radius 2 is 2.05 bits per heavy atom. The minimum absolute atomic E-state index is 0.589. The normalized spacial score (nSPS) is 10.5. The molecule has 1 aromatic carbocycles. The molecule has 3 rings (SSSR count). The standard InChI is InChI=1S/C15H15N5O/c1-21-14-6-10(4-5-17-14)8-18-15-12-7-11(16)2-3-13(12)19-9-20-15/h2-7,9H,8,16H2,1H3,(H,18,19,20). The molecule has 0 spiro atoms. The van der Waals surface area contributed by atoms with Gasteiger partial charge in [-0.2, -0.15) is 0 Å². The van der Waals surface area contributed by atoms with Gasteiger partial charge in [-0.25, -0.2) is 15.0 Å². The van der Waals surface area contributed by atoms with Gasteiger partial charge in [-0.15, -0.1) is 0 Å². The molecule has 0 aliphatic rings. The average molecular weight is 281 g/mol. The summed E-state index contributed by atoms with van der Waals surface area (Å²) in [5.41, 5.74) is 8.42. The molecule has 6 nitrogen and oxygen atoms in total. The van der Waals surface area contributed by atoms with Gasteiger partial charge in [-0.3, -0.25) is 0 Å². The summed E-state index contributed by atoms with van der Waals surface area (Å²) >= 11 is 0. The van der Waals surface area contributed by atoms with Crippen LogP contribution in [0.3, 0.4) is 0 Å². The van der Waals surface area contributed by atoms with Crippen LogP contribution in [-0.4, -0.2) is 22.1 Å². The molecule has 0 aliphatic carbocycles. The molecule has 0 atom stereocenters. The van der Waals surface area contributed by atoms with E-state index < -0.39 is 0 Å². The number of aromatic nitrogens is 3. The van der Waals surface area contributed by atoms with Gasteiger partial charge in [-0.05, 0) is 29.8 Å². The van der Waals surface area contributed by atoms with Crippen molar-refractivity contribution < 1.29 is 4.74 Å². The molecule has 0 unspecified atom stereocenters. The van der Waals surface area contributed by atoms with E-state index in [-0.39, 0.29) is 0 Å². The fraction of sp³-hybridized carbons (Fsp3) is 0.133. The van der Waals surface area contributed by atoms with Crippen LogP contribution in [0.4, 0.5) is 11.5 Å². The Balaban J connectivity index is 1.86. The number of ether oxygens (including phenoxy) is 1. The highest BCUT2D eigenvalue weighted by atomic mass is 16.5. The predicted molar refractivity (Wildman–Crippen MR) is 82.1 cm³/mol. The van der Waals surface area contributed by atoms with Crippen LogP contribution in [0.25, 0.3) is 10.9 Å². The smallest absolute Gasteiger partial charge is 0.213 e. The van der Waals surface area contributed by atoms with Gasteiger partial charge in [0.05, 0.1) is 12.6 Å². The van der Waals surface area contributed by atoms with Gasteiger partial charge in [0.25, 0.3) is 0 Å². The monoisotopic (exact) mass is 281 g/mol. The maximum Gasteiger partial charge on any atom is 0.213 e. The fourth-order valence-electron chi connectivity index (χ4n) is 2.07. The Morgan fingerprint density at radius 1 is 1.14 bits per heavy atom. The van der Waals surface area contributed by atoms with Crippen molar-refractivity contribution >= 4 is 22.4 Å². The van der Waals surface area contributed by atoms with Crippen LogP contribution >= 0.6 is 0 Å². The first-order valence-corrected chi connectivity index (χ1v) is 6.49. The van der Waals surface area contributed by atoms with Crippen LogP contribution in [-0.2, 0) is 6.54 Å². The third-order valence-electron chi connectivity index (χ3n) is 3.13. The summed E-state index contributed by atoms with van der Waals surface area (Å²) in [5, 5.41) is 4.19. The van der Waals surface area contributed by atoms with E-state index in [1.165, 1.54) is 6.33 Å². The number of nitrogens with two attached hydrogens (primary N) is 1. The van der Waals surface area contributed by atoms with E-state index in [0.29, 0.717) is 18.1 Å². The maximum atomic E-state index is 5.83. The van der Waals surface area contributed by atoms with Gasteiger partial charge in [0.15, 0.2) is 0 Å². The van der Waals surface area contributed by atoms with Gasteiger partial charge in [-0.1, -0.05) is 0 Å². The third-order valence-corrected chi connectivity index (χ3v) is 3.13. The van der Waals surface area contributed by atoms with Crippen molar-refractivity contribution in [3.05, 3.63) is 48.4 Å². The highest BCUT2D eigenvalue weighted by molar-refractivity contribution is 5.91. The van der Waals surface area contributed by atoms with Crippen LogP contribution in [0.2, 0.25) is 0 Å². The lowest BCUT2D eigenvalue weighted by Crippen LogP contribution is -2.03. The topological polar surface area (TPSA) is 86.0 Å². The Bertz CT molecular complexity index is 775. The highest BCUT2D eigenvalue weighted by Gasteiger charge is 2.04. The van der Waals surface area contributed by atoms with Crippen molar-refractivity contribution in [1.82, 2.24) is 15.0 Å². The molecule has 0 fully saturated rings. The van der Waals surface area contributed by atoms with E-state index in [9.17, 15) is 0 Å². The second-order valence-corrected chi connectivity index (χ2v) is 4.56. The van der Waals surface area contributed by atoms with E-state index in [0.717, 1.165) is 22.3 Å². The molecule has 2 aromatic heterocycles. The Hall–Kier alpha value is -2.89. The van der Waals surface area contributed by atoms with Crippen molar-refractivity contribution in [3.8, 4) is 5.88 Å². The minimum atomic E-state index is 0.589. The van der Waals surface area contributed by atoms with Gasteiger partial charge < -0.3 is 15.8 Å². The first-order valence-electron chi connectivity index (χ1n) is 6.49. The number of pyridine rings is 1. The van der Waals surface area contributed by atoms with Crippen LogP contribution < -0.4 is 15.8 Å². The molecular formula is C15H15N5O. The quantitative estimate of drug-likeness (QED) is 0.713. The largest absolute Gasteiger partial charge is 0.481 e. The molecule has 0 amide bonds. The summed E-state index contributed by atoms with van der Waals surface area (Å²) in [6.45, 7) is 0.611. The zero-order valence-corrected chi connectivity index (χ0v) is 11.6. The molecule has 21 heavy (non-hydrogen) atoms. The predicted octanol–water partition coefficient (Wildman–Crippen LogP) is 2.23. The Labute approximate surface area is 122 Å². The molecule has 0 aliphatic heterocycles. The fourth-order valence-corrected chi connectivity index (χ4v) is 2.07. The maximum absolute atomic E-state index is 5.83. The SMILES string of the molecule is COc1cc(CNc2ncnc3ccc(N)cc23)ccn1. The molecule has 106 valence electrons. The lowest BCUT2D eigenvalue weighted by molar-refractivity contribution is 0.397. The highest BCUT2D eigenvalue weighted by Crippen LogP contribution is 2.22. The Morgan fingerprint density at radius 3 is 2.90 bits per heavy atom. The van der Waals surface area contributed by atoms with Crippen LogP contribution in [0.1, 0.15) is 5.56 Å². The number of hydrogen-bond acceptors (Lipinski definition) is 6. The summed E-state index contributed by atoms with van der Waals surface area (Å²) < 4.78 is 5.11. The number of nitrogens with one attached hydrogen (secondary N) is 1. The molecule has 0 saturated heterocycles. The van der Waals surface area contributed by atoms with Crippen LogP contribution in [0, 0.1) is 0 Å². The summed E-state index contributed by atoms with van der Waals surface area (Å²) in [6, 6.07) is 9.38. The van der Waals surface area contributed by atoms with E-state index in [2.05, 4.69) is 20.3 Å². The molecule has 0 bridgehead atoms. The number of fused-ring (bicyclic) bond motifs is 1. The average Bonchev–Trinajstić information content (AvgIpc) is 2.53. The number of rotatable bonds is 4. The van der Waals surface area contributed by atoms with E-state index >= 15 is 0 Å². The number of hydrogen-bond donors (Lipinski definition) is 2. The van der Waals surface area contributed by atoms with E-state index in [1.807, 2.05) is 30.3 Å². The van der Waals surface area contributed by atoms with Crippen molar-refractivity contribution in [2.24, 2.45) is 0 Å². The van der Waals surface area contributed by atoms with Crippen molar-refractivity contribution in [3.63, 3.8) is 0 Å². The molecular weight excluding hydrogens is 266 g/mol. The van der Waals surface area contributed by atoms with Gasteiger partial charge in [0, 0.05) is 29.9 Å².